The van der Waals surface area contributed by atoms with Gasteiger partial charge in [0.15, 0.2) is 0 Å². The molecule has 0 radical (unpaired) electrons. The lowest BCUT2D eigenvalue weighted by molar-refractivity contribution is -0.116. The molecule has 0 heterocycles. The minimum absolute atomic E-state index is 0.0934. The van der Waals surface area contributed by atoms with Crippen molar-refractivity contribution in [3.63, 3.8) is 0 Å². The van der Waals surface area contributed by atoms with Crippen LogP contribution in [0.1, 0.15) is 6.92 Å². The van der Waals surface area contributed by atoms with Gasteiger partial charge in [-0.3, -0.25) is 4.79 Å². The van der Waals surface area contributed by atoms with Crippen LogP contribution < -0.4 is 10.1 Å². The maximum Gasteiger partial charge on any atom is 0.246 e. The maximum absolute atomic E-state index is 13.8. The Kier molecular flexibility index (Phi) is 6.27. The molecule has 2 rings (SSSR count). The summed E-state index contributed by atoms with van der Waals surface area (Å²) < 4.78 is 58.1. The SMILES string of the molecule is CCN(CC(=O)Nc1cccc(OC)c1)S(=O)(=O)c1cc(F)ccc1F. The van der Waals surface area contributed by atoms with Gasteiger partial charge in [0.25, 0.3) is 0 Å². The fraction of sp³-hybridized carbons (Fsp3) is 0.235. The third kappa shape index (κ3) is 4.55. The van der Waals surface area contributed by atoms with Gasteiger partial charge in [0.2, 0.25) is 15.9 Å². The topological polar surface area (TPSA) is 75.7 Å². The molecule has 0 aromatic heterocycles. The largest absolute Gasteiger partial charge is 0.497 e. The molecule has 0 saturated carbocycles. The summed E-state index contributed by atoms with van der Waals surface area (Å²) in [5.74, 6) is -2.08. The van der Waals surface area contributed by atoms with Crippen LogP contribution in [-0.4, -0.2) is 38.8 Å². The minimum atomic E-state index is -4.37. The van der Waals surface area contributed by atoms with E-state index in [-0.39, 0.29) is 6.54 Å². The predicted octanol–water partition coefficient (Wildman–Crippen LogP) is 2.62. The second-order valence-corrected chi connectivity index (χ2v) is 7.19. The number of hydrogen-bond donors (Lipinski definition) is 1. The van der Waals surface area contributed by atoms with E-state index in [1.165, 1.54) is 14.0 Å². The van der Waals surface area contributed by atoms with Gasteiger partial charge in [-0.2, -0.15) is 4.31 Å². The van der Waals surface area contributed by atoms with Crippen LogP contribution in [0.3, 0.4) is 0 Å². The Morgan fingerprint density at radius 1 is 1.19 bits per heavy atom. The van der Waals surface area contributed by atoms with Gasteiger partial charge in [-0.1, -0.05) is 13.0 Å². The Morgan fingerprint density at radius 3 is 2.58 bits per heavy atom. The number of rotatable bonds is 7. The van der Waals surface area contributed by atoms with E-state index in [0.717, 1.165) is 16.4 Å². The number of anilines is 1. The average Bonchev–Trinajstić information content (AvgIpc) is 2.61. The highest BCUT2D eigenvalue weighted by Crippen LogP contribution is 2.21. The fourth-order valence-corrected chi connectivity index (χ4v) is 3.72. The third-order valence-corrected chi connectivity index (χ3v) is 5.47. The number of halogens is 2. The zero-order valence-electron chi connectivity index (χ0n) is 14.2. The molecule has 0 aliphatic rings. The molecule has 0 fully saturated rings. The van der Waals surface area contributed by atoms with Gasteiger partial charge in [0.1, 0.15) is 22.3 Å². The van der Waals surface area contributed by atoms with Gasteiger partial charge in [-0.05, 0) is 30.3 Å². The van der Waals surface area contributed by atoms with E-state index in [9.17, 15) is 22.0 Å². The lowest BCUT2D eigenvalue weighted by Gasteiger charge is -2.20. The van der Waals surface area contributed by atoms with Gasteiger partial charge in [0, 0.05) is 18.3 Å². The molecule has 0 aliphatic heterocycles. The second-order valence-electron chi connectivity index (χ2n) is 5.29. The molecule has 6 nitrogen and oxygen atoms in total. The highest BCUT2D eigenvalue weighted by atomic mass is 32.2. The Hall–Kier alpha value is -2.52. The number of likely N-dealkylation sites (N-methyl/N-ethyl adjacent to an activating group) is 1. The first kappa shape index (κ1) is 19.8. The van der Waals surface area contributed by atoms with Crippen molar-refractivity contribution in [2.75, 3.05) is 25.5 Å². The first-order valence-corrected chi connectivity index (χ1v) is 9.11. The van der Waals surface area contributed by atoms with Gasteiger partial charge >= 0.3 is 0 Å². The second kappa shape index (κ2) is 8.24. The molecule has 0 aliphatic carbocycles. The van der Waals surface area contributed by atoms with Gasteiger partial charge in [0.05, 0.1) is 13.7 Å². The zero-order chi connectivity index (χ0) is 19.3. The number of nitrogens with one attached hydrogen (secondary N) is 1. The van der Waals surface area contributed by atoms with Crippen LogP contribution in [-0.2, 0) is 14.8 Å². The molecule has 0 unspecified atom stereocenters. The lowest BCUT2D eigenvalue weighted by atomic mass is 10.3. The summed E-state index contributed by atoms with van der Waals surface area (Å²) in [4.78, 5) is 11.4. The van der Waals surface area contributed by atoms with Gasteiger partial charge in [-0.15, -0.1) is 0 Å². The van der Waals surface area contributed by atoms with Gasteiger partial charge < -0.3 is 10.1 Å². The molecule has 0 bridgehead atoms. The number of benzene rings is 2. The summed E-state index contributed by atoms with van der Waals surface area (Å²) in [6.07, 6.45) is 0. The standard InChI is InChI=1S/C17H18F2N2O4S/c1-3-21(26(23,24)16-9-12(18)7-8-15(16)19)11-17(22)20-13-5-4-6-14(10-13)25-2/h4-10H,3,11H2,1-2H3,(H,20,22). The van der Waals surface area contributed by atoms with Crippen LogP contribution in [0, 0.1) is 11.6 Å². The van der Waals surface area contributed by atoms with E-state index in [1.54, 1.807) is 24.3 Å². The number of nitrogens with zero attached hydrogens (tertiary/aromatic N) is 1. The summed E-state index contributed by atoms with van der Waals surface area (Å²) in [6.45, 7) is 0.851. The molecule has 2 aromatic carbocycles. The molecule has 0 atom stereocenters. The molecular weight excluding hydrogens is 366 g/mol. The number of ether oxygens (including phenoxy) is 1. The summed E-state index contributed by atoms with van der Waals surface area (Å²) in [5.41, 5.74) is 0.416. The van der Waals surface area contributed by atoms with Crippen LogP contribution in [0.25, 0.3) is 0 Å². The van der Waals surface area contributed by atoms with Crippen molar-refractivity contribution in [3.05, 3.63) is 54.1 Å². The number of methoxy groups -OCH3 is 1. The predicted molar refractivity (Wildman–Crippen MR) is 92.4 cm³/mol. The molecule has 26 heavy (non-hydrogen) atoms. The van der Waals surface area contributed by atoms with Crippen molar-refractivity contribution in [2.45, 2.75) is 11.8 Å². The summed E-state index contributed by atoms with van der Waals surface area (Å²) in [6, 6.07) is 8.66. The van der Waals surface area contributed by atoms with Crippen LogP contribution in [0.5, 0.6) is 5.75 Å². The Morgan fingerprint density at radius 2 is 1.92 bits per heavy atom. The van der Waals surface area contributed by atoms with E-state index in [1.807, 2.05) is 0 Å². The Bertz CT molecular complexity index is 903. The average molecular weight is 384 g/mol. The van der Waals surface area contributed by atoms with Crippen molar-refractivity contribution in [1.82, 2.24) is 4.31 Å². The minimum Gasteiger partial charge on any atom is -0.497 e. The Labute approximate surface area is 150 Å². The van der Waals surface area contributed by atoms with Crippen molar-refractivity contribution in [3.8, 4) is 5.75 Å². The van der Waals surface area contributed by atoms with E-state index < -0.39 is 39.0 Å². The molecule has 1 N–H and O–H groups in total. The van der Waals surface area contributed by atoms with Crippen LogP contribution in [0.2, 0.25) is 0 Å². The molecular formula is C17H18F2N2O4S. The molecule has 140 valence electrons. The number of carbonyl (C=O) groups excluding carboxylic acids is 1. The summed E-state index contributed by atoms with van der Waals surface area (Å²) in [7, 11) is -2.90. The number of sulfonamides is 1. The molecule has 0 saturated heterocycles. The van der Waals surface area contributed by atoms with Crippen molar-refractivity contribution in [2.24, 2.45) is 0 Å². The lowest BCUT2D eigenvalue weighted by Crippen LogP contribution is -2.38. The molecule has 1 amide bonds. The van der Waals surface area contributed by atoms with E-state index >= 15 is 0 Å². The van der Waals surface area contributed by atoms with E-state index in [4.69, 9.17) is 4.74 Å². The third-order valence-electron chi connectivity index (χ3n) is 3.54. The molecule has 0 spiro atoms. The highest BCUT2D eigenvalue weighted by molar-refractivity contribution is 7.89. The molecule has 2 aromatic rings. The normalized spacial score (nSPS) is 11.4. The van der Waals surface area contributed by atoms with E-state index in [2.05, 4.69) is 5.32 Å². The number of carbonyl (C=O) groups is 1. The molecule has 9 heteroatoms. The first-order valence-electron chi connectivity index (χ1n) is 7.67. The maximum atomic E-state index is 13.8. The van der Waals surface area contributed by atoms with E-state index in [0.29, 0.717) is 17.5 Å². The van der Waals surface area contributed by atoms with Gasteiger partial charge in [-0.25, -0.2) is 17.2 Å². The number of hydrogen-bond acceptors (Lipinski definition) is 4. The summed E-state index contributed by atoms with van der Waals surface area (Å²) >= 11 is 0. The van der Waals surface area contributed by atoms with Crippen molar-refractivity contribution < 1.29 is 26.7 Å². The van der Waals surface area contributed by atoms with Crippen molar-refractivity contribution in [1.29, 1.82) is 0 Å². The monoisotopic (exact) mass is 384 g/mol. The Balaban J connectivity index is 2.19. The van der Waals surface area contributed by atoms with Crippen LogP contribution in [0.15, 0.2) is 47.4 Å². The first-order chi connectivity index (χ1) is 12.3. The zero-order valence-corrected chi connectivity index (χ0v) is 15.0. The quantitative estimate of drug-likeness (QED) is 0.796. The highest BCUT2D eigenvalue weighted by Gasteiger charge is 2.28. The van der Waals surface area contributed by atoms with Crippen LogP contribution in [0.4, 0.5) is 14.5 Å². The fourth-order valence-electron chi connectivity index (χ4n) is 2.24. The smallest absolute Gasteiger partial charge is 0.246 e. The number of amides is 1. The van der Waals surface area contributed by atoms with Crippen LogP contribution >= 0.6 is 0 Å². The summed E-state index contributed by atoms with van der Waals surface area (Å²) in [5, 5.41) is 2.54. The van der Waals surface area contributed by atoms with Crippen molar-refractivity contribution >= 4 is 21.6 Å².